The first-order valence-corrected chi connectivity index (χ1v) is 9.89. The summed E-state index contributed by atoms with van der Waals surface area (Å²) >= 11 is 5.98. The number of fused-ring (bicyclic) bond motifs is 1. The van der Waals surface area contributed by atoms with Gasteiger partial charge in [0.1, 0.15) is 6.04 Å². The Kier molecular flexibility index (Phi) is 6.94. The molecule has 32 heavy (non-hydrogen) atoms. The van der Waals surface area contributed by atoms with Gasteiger partial charge in [-0.15, -0.1) is 0 Å². The highest BCUT2D eigenvalue weighted by atomic mass is 35.5. The van der Waals surface area contributed by atoms with Gasteiger partial charge >= 0.3 is 5.97 Å². The number of amides is 1. The van der Waals surface area contributed by atoms with Crippen molar-refractivity contribution < 1.29 is 33.5 Å². The van der Waals surface area contributed by atoms with Crippen molar-refractivity contribution in [2.24, 2.45) is 5.92 Å². The molecule has 0 spiro atoms. The van der Waals surface area contributed by atoms with Gasteiger partial charge in [-0.1, -0.05) is 25.4 Å². The van der Waals surface area contributed by atoms with Crippen molar-refractivity contribution >= 4 is 34.9 Å². The summed E-state index contributed by atoms with van der Waals surface area (Å²) in [7, 11) is 0. The molecule has 0 fully saturated rings. The lowest BCUT2D eigenvalue weighted by atomic mass is 10.0. The number of halogens is 1. The number of rotatable bonds is 8. The molecule has 2 aromatic rings. The zero-order valence-electron chi connectivity index (χ0n) is 17.1. The molecule has 1 N–H and O–H groups in total. The summed E-state index contributed by atoms with van der Waals surface area (Å²) < 4.78 is 15.5. The molecule has 0 saturated heterocycles. The zero-order chi connectivity index (χ0) is 23.4. The Balaban J connectivity index is 1.63. The standard InChI is InChI=1S/C21H19ClN2O8/c1-11(2)19(23-20(26)14-5-4-13(24(28)29)8-15(14)22)21(27)30-9-16(25)12-3-6-17-18(7-12)32-10-31-17/h3-8,11,19H,9-10H2,1-2H3,(H,23,26)/t19-/m0/s1. The summed E-state index contributed by atoms with van der Waals surface area (Å²) in [5.41, 5.74) is -0.0228. The maximum atomic E-state index is 12.6. The van der Waals surface area contributed by atoms with E-state index in [9.17, 15) is 24.5 Å². The second kappa shape index (κ2) is 9.65. The number of nitrogens with one attached hydrogen (secondary N) is 1. The van der Waals surface area contributed by atoms with E-state index in [1.807, 2.05) is 0 Å². The molecule has 1 amide bonds. The molecule has 1 heterocycles. The van der Waals surface area contributed by atoms with Crippen molar-refractivity contribution in [2.45, 2.75) is 19.9 Å². The van der Waals surface area contributed by atoms with Gasteiger partial charge in [-0.05, 0) is 30.2 Å². The van der Waals surface area contributed by atoms with Crippen molar-refractivity contribution in [2.75, 3.05) is 13.4 Å². The van der Waals surface area contributed by atoms with Gasteiger partial charge < -0.3 is 19.5 Å². The lowest BCUT2D eigenvalue weighted by molar-refractivity contribution is -0.384. The van der Waals surface area contributed by atoms with Crippen LogP contribution < -0.4 is 14.8 Å². The summed E-state index contributed by atoms with van der Waals surface area (Å²) in [4.78, 5) is 47.7. The second-order valence-corrected chi connectivity index (χ2v) is 7.62. The average molecular weight is 463 g/mol. The van der Waals surface area contributed by atoms with Crippen LogP contribution in [-0.4, -0.2) is 42.0 Å². The van der Waals surface area contributed by atoms with Crippen molar-refractivity contribution in [1.82, 2.24) is 5.32 Å². The van der Waals surface area contributed by atoms with Crippen LogP contribution in [-0.2, 0) is 9.53 Å². The minimum atomic E-state index is -1.07. The molecule has 0 radical (unpaired) electrons. The molecule has 1 atom stereocenters. The van der Waals surface area contributed by atoms with Crippen LogP contribution in [0.5, 0.6) is 11.5 Å². The van der Waals surface area contributed by atoms with Crippen LogP contribution in [0.2, 0.25) is 5.02 Å². The van der Waals surface area contributed by atoms with E-state index in [2.05, 4.69) is 5.32 Å². The van der Waals surface area contributed by atoms with Gasteiger partial charge in [-0.3, -0.25) is 19.7 Å². The van der Waals surface area contributed by atoms with Crippen LogP contribution in [0.3, 0.4) is 0 Å². The van der Waals surface area contributed by atoms with E-state index in [1.54, 1.807) is 19.9 Å². The fourth-order valence-corrected chi connectivity index (χ4v) is 3.16. The minimum Gasteiger partial charge on any atom is -0.456 e. The number of carbonyl (C=O) groups is 3. The number of benzene rings is 2. The summed E-state index contributed by atoms with van der Waals surface area (Å²) in [6.45, 7) is 2.90. The molecule has 0 unspecified atom stereocenters. The second-order valence-electron chi connectivity index (χ2n) is 7.22. The van der Waals surface area contributed by atoms with Crippen LogP contribution in [0.25, 0.3) is 0 Å². The molecule has 10 nitrogen and oxygen atoms in total. The number of ether oxygens (including phenoxy) is 3. The highest BCUT2D eigenvalue weighted by Crippen LogP contribution is 2.32. The van der Waals surface area contributed by atoms with Crippen LogP contribution in [0.15, 0.2) is 36.4 Å². The number of Topliss-reactive ketones (excluding diaryl/α,β-unsaturated/α-hetero) is 1. The number of carbonyl (C=O) groups excluding carboxylic acids is 3. The summed E-state index contributed by atoms with van der Waals surface area (Å²) in [6, 6.07) is 6.91. The van der Waals surface area contributed by atoms with Crippen LogP contribution in [0.4, 0.5) is 5.69 Å². The number of hydrogen-bond acceptors (Lipinski definition) is 8. The SMILES string of the molecule is CC(C)[C@H](NC(=O)c1ccc([N+](=O)[O-])cc1Cl)C(=O)OCC(=O)c1ccc2c(c1)OCO2. The molecule has 1 aliphatic heterocycles. The quantitative estimate of drug-likeness (QED) is 0.273. The molecular weight excluding hydrogens is 444 g/mol. The van der Waals surface area contributed by atoms with Crippen LogP contribution in [0, 0.1) is 16.0 Å². The fourth-order valence-electron chi connectivity index (χ4n) is 2.90. The monoisotopic (exact) mass is 462 g/mol. The number of hydrogen-bond donors (Lipinski definition) is 1. The molecule has 11 heteroatoms. The Morgan fingerprint density at radius 1 is 1.16 bits per heavy atom. The Bertz CT molecular complexity index is 1090. The molecule has 168 valence electrons. The van der Waals surface area contributed by atoms with Gasteiger partial charge in [0, 0.05) is 17.7 Å². The van der Waals surface area contributed by atoms with Crippen molar-refractivity contribution in [3.05, 3.63) is 62.7 Å². The minimum absolute atomic E-state index is 0.0350. The molecule has 0 saturated carbocycles. The lowest BCUT2D eigenvalue weighted by Crippen LogP contribution is -2.45. The highest BCUT2D eigenvalue weighted by molar-refractivity contribution is 6.34. The topological polar surface area (TPSA) is 134 Å². The van der Waals surface area contributed by atoms with E-state index in [0.717, 1.165) is 12.1 Å². The maximum absolute atomic E-state index is 12.6. The summed E-state index contributed by atoms with van der Waals surface area (Å²) in [5.74, 6) is -1.39. The van der Waals surface area contributed by atoms with Crippen molar-refractivity contribution in [3.8, 4) is 11.5 Å². The molecule has 0 bridgehead atoms. The largest absolute Gasteiger partial charge is 0.456 e. The Hall–Kier alpha value is -3.66. The van der Waals surface area contributed by atoms with Gasteiger partial charge in [0.15, 0.2) is 23.9 Å². The highest BCUT2D eigenvalue weighted by Gasteiger charge is 2.28. The Morgan fingerprint density at radius 2 is 1.88 bits per heavy atom. The third-order valence-electron chi connectivity index (χ3n) is 4.66. The number of nitrogens with zero attached hydrogens (tertiary/aromatic N) is 1. The van der Waals surface area contributed by atoms with Crippen molar-refractivity contribution in [3.63, 3.8) is 0 Å². The van der Waals surface area contributed by atoms with Gasteiger partial charge in [0.05, 0.1) is 15.5 Å². The third kappa shape index (κ3) is 5.14. The molecule has 0 aromatic heterocycles. The first kappa shape index (κ1) is 23.0. The smallest absolute Gasteiger partial charge is 0.329 e. The van der Waals surface area contributed by atoms with E-state index in [4.69, 9.17) is 25.8 Å². The average Bonchev–Trinajstić information content (AvgIpc) is 3.22. The number of non-ortho nitro benzene ring substituents is 1. The van der Waals surface area contributed by atoms with Crippen LogP contribution in [0.1, 0.15) is 34.6 Å². The molecule has 3 rings (SSSR count). The Labute approximate surface area is 187 Å². The Morgan fingerprint density at radius 3 is 2.53 bits per heavy atom. The molecule has 0 aliphatic carbocycles. The van der Waals surface area contributed by atoms with E-state index in [1.165, 1.54) is 18.2 Å². The van der Waals surface area contributed by atoms with E-state index >= 15 is 0 Å². The van der Waals surface area contributed by atoms with E-state index in [-0.39, 0.29) is 34.5 Å². The zero-order valence-corrected chi connectivity index (χ0v) is 17.9. The van der Waals surface area contributed by atoms with Crippen molar-refractivity contribution in [1.29, 1.82) is 0 Å². The maximum Gasteiger partial charge on any atom is 0.329 e. The predicted octanol–water partition coefficient (Wildman–Crippen LogP) is 3.16. The van der Waals surface area contributed by atoms with Gasteiger partial charge in [-0.2, -0.15) is 0 Å². The summed E-state index contributed by atoms with van der Waals surface area (Å²) in [6.07, 6.45) is 0. The number of nitro benzene ring substituents is 1. The van der Waals surface area contributed by atoms with Gasteiger partial charge in [0.25, 0.3) is 11.6 Å². The van der Waals surface area contributed by atoms with Gasteiger partial charge in [0.2, 0.25) is 6.79 Å². The lowest BCUT2D eigenvalue weighted by Gasteiger charge is -2.21. The van der Waals surface area contributed by atoms with Crippen LogP contribution >= 0.6 is 11.6 Å². The first-order chi connectivity index (χ1) is 15.2. The number of nitro groups is 1. The predicted molar refractivity (Wildman–Crippen MR) is 112 cm³/mol. The third-order valence-corrected chi connectivity index (χ3v) is 4.97. The summed E-state index contributed by atoms with van der Waals surface area (Å²) in [5, 5.41) is 13.2. The number of esters is 1. The van der Waals surface area contributed by atoms with E-state index < -0.39 is 35.2 Å². The number of ketones is 1. The fraction of sp³-hybridized carbons (Fsp3) is 0.286. The molecule has 2 aromatic carbocycles. The van der Waals surface area contributed by atoms with Gasteiger partial charge in [-0.25, -0.2) is 4.79 Å². The first-order valence-electron chi connectivity index (χ1n) is 9.51. The molecular formula is C21H19ClN2O8. The normalized spacial score (nSPS) is 12.9. The molecule has 1 aliphatic rings. The van der Waals surface area contributed by atoms with E-state index in [0.29, 0.717) is 11.5 Å².